The minimum atomic E-state index is -0.552. The summed E-state index contributed by atoms with van der Waals surface area (Å²) in [4.78, 5) is 12.5. The van der Waals surface area contributed by atoms with Crippen LogP contribution in [0.1, 0.15) is 17.3 Å². The number of ketones is 1. The van der Waals surface area contributed by atoms with E-state index in [0.717, 1.165) is 0 Å². The molecule has 0 bridgehead atoms. The van der Waals surface area contributed by atoms with Crippen molar-refractivity contribution in [3.05, 3.63) is 59.7 Å². The van der Waals surface area contributed by atoms with Gasteiger partial charge < -0.3 is 0 Å². The molecule has 0 spiro atoms. The van der Waals surface area contributed by atoms with E-state index in [1.807, 2.05) is 0 Å². The van der Waals surface area contributed by atoms with Crippen LogP contribution >= 0.6 is 11.8 Å². The van der Waals surface area contributed by atoms with E-state index >= 15 is 0 Å². The Kier molecular flexibility index (Phi) is 3.77. The first-order chi connectivity index (χ1) is 8.58. The summed E-state index contributed by atoms with van der Waals surface area (Å²) < 4.78 is 26.6. The van der Waals surface area contributed by atoms with Crippen LogP contribution < -0.4 is 0 Å². The minimum absolute atomic E-state index is 0.0479. The molecule has 0 heterocycles. The second-order valence-corrected chi connectivity index (χ2v) is 4.84. The summed E-state index contributed by atoms with van der Waals surface area (Å²) in [6.45, 7) is 1.31. The molecule has 2 aromatic rings. The normalized spacial score (nSPS) is 10.4. The molecule has 0 aliphatic heterocycles. The van der Waals surface area contributed by atoms with Gasteiger partial charge in [-0.2, -0.15) is 0 Å². The molecule has 0 saturated heterocycles. The zero-order valence-electron chi connectivity index (χ0n) is 9.61. The maximum absolute atomic E-state index is 13.6. The molecule has 0 saturated carbocycles. The van der Waals surface area contributed by atoms with Crippen molar-refractivity contribution < 1.29 is 13.6 Å². The molecule has 92 valence electrons. The van der Waals surface area contributed by atoms with E-state index in [9.17, 15) is 13.6 Å². The highest BCUT2D eigenvalue weighted by molar-refractivity contribution is 7.99. The molecule has 18 heavy (non-hydrogen) atoms. The Labute approximate surface area is 108 Å². The Morgan fingerprint density at radius 3 is 2.50 bits per heavy atom. The standard InChI is InChI=1S/C14H10F2OS/c1-9(17)14-12(16)6-3-7-13(14)18-11-5-2-4-10(15)8-11/h2-8H,1H3. The summed E-state index contributed by atoms with van der Waals surface area (Å²) in [5.74, 6) is -1.25. The molecule has 1 nitrogen and oxygen atoms in total. The van der Waals surface area contributed by atoms with Gasteiger partial charge in [-0.15, -0.1) is 0 Å². The highest BCUT2D eigenvalue weighted by Crippen LogP contribution is 2.32. The third-order valence-corrected chi connectivity index (χ3v) is 3.40. The van der Waals surface area contributed by atoms with Crippen molar-refractivity contribution >= 4 is 17.5 Å². The fourth-order valence-electron chi connectivity index (χ4n) is 1.59. The topological polar surface area (TPSA) is 17.1 Å². The SMILES string of the molecule is CC(=O)c1c(F)cccc1Sc1cccc(F)c1. The number of Topliss-reactive ketones (excluding diaryl/α,β-unsaturated/α-hetero) is 1. The molecule has 4 heteroatoms. The smallest absolute Gasteiger partial charge is 0.163 e. The highest BCUT2D eigenvalue weighted by Gasteiger charge is 2.13. The molecule has 0 fully saturated rings. The number of hydrogen-bond donors (Lipinski definition) is 0. The molecule has 0 atom stereocenters. The van der Waals surface area contributed by atoms with Crippen molar-refractivity contribution in [1.82, 2.24) is 0 Å². The Morgan fingerprint density at radius 1 is 1.11 bits per heavy atom. The van der Waals surface area contributed by atoms with Gasteiger partial charge in [-0.25, -0.2) is 8.78 Å². The van der Waals surface area contributed by atoms with Gasteiger partial charge in [0.25, 0.3) is 0 Å². The Morgan fingerprint density at radius 2 is 1.83 bits per heavy atom. The Hall–Kier alpha value is -1.68. The summed E-state index contributed by atoms with van der Waals surface area (Å²) >= 11 is 1.17. The van der Waals surface area contributed by atoms with Gasteiger partial charge in [-0.1, -0.05) is 23.9 Å². The van der Waals surface area contributed by atoms with Gasteiger partial charge in [0.15, 0.2) is 5.78 Å². The van der Waals surface area contributed by atoms with Crippen LogP contribution in [0.4, 0.5) is 8.78 Å². The van der Waals surface area contributed by atoms with Crippen molar-refractivity contribution in [3.8, 4) is 0 Å². The van der Waals surface area contributed by atoms with Gasteiger partial charge in [0.05, 0.1) is 5.56 Å². The van der Waals surface area contributed by atoms with Crippen molar-refractivity contribution in [2.24, 2.45) is 0 Å². The van der Waals surface area contributed by atoms with Crippen molar-refractivity contribution in [2.45, 2.75) is 16.7 Å². The van der Waals surface area contributed by atoms with Crippen LogP contribution in [0.3, 0.4) is 0 Å². The van der Waals surface area contributed by atoms with Crippen LogP contribution in [0, 0.1) is 11.6 Å². The minimum Gasteiger partial charge on any atom is -0.294 e. The first-order valence-corrected chi connectivity index (χ1v) is 6.12. The summed E-state index contributed by atoms with van der Waals surface area (Å²) in [5.41, 5.74) is 0.0479. The van der Waals surface area contributed by atoms with E-state index < -0.39 is 5.82 Å². The number of carbonyl (C=O) groups excluding carboxylic acids is 1. The van der Waals surface area contributed by atoms with Crippen molar-refractivity contribution in [1.29, 1.82) is 0 Å². The fraction of sp³-hybridized carbons (Fsp3) is 0.0714. The van der Waals surface area contributed by atoms with Crippen LogP contribution in [0.5, 0.6) is 0 Å². The molecule has 0 aromatic heterocycles. The summed E-state index contributed by atoms with van der Waals surface area (Å²) in [6.07, 6.45) is 0. The van der Waals surface area contributed by atoms with Crippen molar-refractivity contribution in [3.63, 3.8) is 0 Å². The lowest BCUT2D eigenvalue weighted by Gasteiger charge is -2.07. The summed E-state index contributed by atoms with van der Waals surface area (Å²) in [5, 5.41) is 0. The third kappa shape index (κ3) is 2.76. The molecule has 0 radical (unpaired) electrons. The van der Waals surface area contributed by atoms with E-state index in [-0.39, 0.29) is 17.2 Å². The molecular weight excluding hydrogens is 254 g/mol. The second kappa shape index (κ2) is 5.31. The third-order valence-electron chi connectivity index (χ3n) is 2.35. The highest BCUT2D eigenvalue weighted by atomic mass is 32.2. The lowest BCUT2D eigenvalue weighted by Crippen LogP contribution is -1.99. The second-order valence-electron chi connectivity index (χ2n) is 3.73. The number of hydrogen-bond acceptors (Lipinski definition) is 2. The lowest BCUT2D eigenvalue weighted by atomic mass is 10.1. The lowest BCUT2D eigenvalue weighted by molar-refractivity contribution is 0.101. The monoisotopic (exact) mass is 264 g/mol. The van der Waals surface area contributed by atoms with E-state index in [4.69, 9.17) is 0 Å². The molecule has 0 unspecified atom stereocenters. The maximum Gasteiger partial charge on any atom is 0.163 e. The van der Waals surface area contributed by atoms with E-state index in [0.29, 0.717) is 9.79 Å². The van der Waals surface area contributed by atoms with Crippen LogP contribution in [0.25, 0.3) is 0 Å². The predicted molar refractivity (Wildman–Crippen MR) is 66.9 cm³/mol. The maximum atomic E-state index is 13.6. The van der Waals surface area contributed by atoms with Crippen LogP contribution in [-0.4, -0.2) is 5.78 Å². The van der Waals surface area contributed by atoms with Crippen LogP contribution in [0.15, 0.2) is 52.3 Å². The quantitative estimate of drug-likeness (QED) is 0.768. The summed E-state index contributed by atoms with van der Waals surface area (Å²) in [7, 11) is 0. The molecule has 0 amide bonds. The van der Waals surface area contributed by atoms with Gasteiger partial charge in [-0.3, -0.25) is 4.79 Å². The predicted octanol–water partition coefficient (Wildman–Crippen LogP) is 4.32. The number of benzene rings is 2. The number of halogens is 2. The molecular formula is C14H10F2OS. The van der Waals surface area contributed by atoms with Crippen LogP contribution in [0.2, 0.25) is 0 Å². The largest absolute Gasteiger partial charge is 0.294 e. The zero-order chi connectivity index (χ0) is 13.1. The van der Waals surface area contributed by atoms with E-state index in [2.05, 4.69) is 0 Å². The van der Waals surface area contributed by atoms with Gasteiger partial charge in [0.1, 0.15) is 11.6 Å². The number of rotatable bonds is 3. The summed E-state index contributed by atoms with van der Waals surface area (Å²) in [6, 6.07) is 10.4. The molecule has 0 aliphatic carbocycles. The first-order valence-electron chi connectivity index (χ1n) is 5.31. The molecule has 2 aromatic carbocycles. The fourth-order valence-corrected chi connectivity index (χ4v) is 2.65. The van der Waals surface area contributed by atoms with Gasteiger partial charge >= 0.3 is 0 Å². The van der Waals surface area contributed by atoms with E-state index in [1.54, 1.807) is 18.2 Å². The average molecular weight is 264 g/mol. The molecule has 0 aliphatic rings. The average Bonchev–Trinajstić information content (AvgIpc) is 2.28. The Bertz CT molecular complexity index is 596. The van der Waals surface area contributed by atoms with Gasteiger partial charge in [-0.05, 0) is 37.3 Å². The molecule has 2 rings (SSSR count). The van der Waals surface area contributed by atoms with Crippen LogP contribution in [-0.2, 0) is 0 Å². The zero-order valence-corrected chi connectivity index (χ0v) is 10.4. The van der Waals surface area contributed by atoms with Gasteiger partial charge in [0, 0.05) is 9.79 Å². The van der Waals surface area contributed by atoms with E-state index in [1.165, 1.54) is 43.0 Å². The van der Waals surface area contributed by atoms with Crippen molar-refractivity contribution in [2.75, 3.05) is 0 Å². The Balaban J connectivity index is 2.40. The first kappa shape index (κ1) is 12.8. The van der Waals surface area contributed by atoms with Gasteiger partial charge in [0.2, 0.25) is 0 Å². The molecule has 0 N–H and O–H groups in total. The number of carbonyl (C=O) groups is 1.